The van der Waals surface area contributed by atoms with Crippen LogP contribution in [-0.2, 0) is 19.1 Å². The summed E-state index contributed by atoms with van der Waals surface area (Å²) < 4.78 is 11.1. The minimum atomic E-state index is -0.167. The quantitative estimate of drug-likeness (QED) is 0.512. The lowest BCUT2D eigenvalue weighted by atomic mass is 9.98. The second-order valence-corrected chi connectivity index (χ2v) is 6.93. The topological polar surface area (TPSA) is 84.9 Å². The van der Waals surface area contributed by atoms with Gasteiger partial charge in [-0.2, -0.15) is 0 Å². The number of carbonyl (C=O) groups excluding carboxylic acids is 2. The Morgan fingerprint density at radius 2 is 1.77 bits per heavy atom. The normalized spacial score (nSPS) is 14.7. The molecule has 1 saturated carbocycles. The fourth-order valence-electron chi connectivity index (χ4n) is 2.53. The Morgan fingerprint density at radius 3 is 2.38 bits per heavy atom. The predicted molar refractivity (Wildman–Crippen MR) is 105 cm³/mol. The minimum Gasteiger partial charge on any atom is -0.394 e. The average Bonchev–Trinajstić information content (AvgIpc) is 2.61. The summed E-state index contributed by atoms with van der Waals surface area (Å²) in [5, 5.41) is 10.9. The molecule has 26 heavy (non-hydrogen) atoms. The van der Waals surface area contributed by atoms with E-state index in [4.69, 9.17) is 14.6 Å². The van der Waals surface area contributed by atoms with Crippen molar-refractivity contribution >= 4 is 11.7 Å². The van der Waals surface area contributed by atoms with E-state index in [1.165, 1.54) is 32.1 Å². The molecule has 0 heterocycles. The minimum absolute atomic E-state index is 0. The number of Topliss-reactive ketones (excluding diaryl/α,β-unsaturated/α-hetero) is 1. The van der Waals surface area contributed by atoms with E-state index in [1.807, 2.05) is 6.92 Å². The molecule has 6 heteroatoms. The molecule has 0 aromatic carbocycles. The largest absolute Gasteiger partial charge is 0.394 e. The van der Waals surface area contributed by atoms with E-state index in [9.17, 15) is 9.59 Å². The maximum absolute atomic E-state index is 11.6. The fraction of sp³-hybridized carbons (Fsp3) is 0.900. The highest BCUT2D eigenvalue weighted by atomic mass is 16.5. The molecule has 0 aromatic heterocycles. The van der Waals surface area contributed by atoms with Crippen LogP contribution in [-0.4, -0.2) is 55.4 Å². The first kappa shape index (κ1) is 25.0. The number of aliphatic hydroxyl groups excluding tert-OH is 1. The first-order valence-corrected chi connectivity index (χ1v) is 10.1. The lowest BCUT2D eigenvalue weighted by Gasteiger charge is -2.21. The second-order valence-electron chi connectivity index (χ2n) is 6.93. The maximum Gasteiger partial charge on any atom is 0.220 e. The molecule has 2 N–H and O–H groups in total. The van der Waals surface area contributed by atoms with E-state index in [0.717, 1.165) is 6.42 Å². The molecule has 0 aromatic rings. The molecule has 1 rings (SSSR count). The van der Waals surface area contributed by atoms with Crippen LogP contribution in [0.2, 0.25) is 0 Å². The van der Waals surface area contributed by atoms with Crippen molar-refractivity contribution in [3.8, 4) is 0 Å². The summed E-state index contributed by atoms with van der Waals surface area (Å²) in [5.74, 6) is 0.252. The van der Waals surface area contributed by atoms with Crippen molar-refractivity contribution in [2.45, 2.75) is 90.8 Å². The Morgan fingerprint density at radius 1 is 1.12 bits per heavy atom. The van der Waals surface area contributed by atoms with Crippen LogP contribution in [0.25, 0.3) is 0 Å². The Kier molecular flexibility index (Phi) is 16.8. The van der Waals surface area contributed by atoms with E-state index in [2.05, 4.69) is 5.32 Å². The van der Waals surface area contributed by atoms with Crippen LogP contribution < -0.4 is 5.32 Å². The molecule has 156 valence electrons. The van der Waals surface area contributed by atoms with Crippen molar-refractivity contribution in [2.75, 3.05) is 26.4 Å². The van der Waals surface area contributed by atoms with Gasteiger partial charge < -0.3 is 19.9 Å². The summed E-state index contributed by atoms with van der Waals surface area (Å²) in [6.07, 6.45) is 8.76. The smallest absolute Gasteiger partial charge is 0.220 e. The highest BCUT2D eigenvalue weighted by molar-refractivity contribution is 5.78. The summed E-state index contributed by atoms with van der Waals surface area (Å²) in [6.45, 7) is 7.37. The van der Waals surface area contributed by atoms with Crippen LogP contribution >= 0.6 is 0 Å². The molecule has 0 bridgehead atoms. The zero-order valence-corrected chi connectivity index (χ0v) is 16.9. The van der Waals surface area contributed by atoms with Crippen molar-refractivity contribution in [3.63, 3.8) is 0 Å². The molecule has 1 amide bonds. The van der Waals surface area contributed by atoms with Gasteiger partial charge in [-0.05, 0) is 33.1 Å². The van der Waals surface area contributed by atoms with Gasteiger partial charge in [-0.25, -0.2) is 0 Å². The number of ketones is 1. The summed E-state index contributed by atoms with van der Waals surface area (Å²) in [4.78, 5) is 22.7. The first-order chi connectivity index (χ1) is 12.5. The van der Waals surface area contributed by atoms with Crippen LogP contribution in [0.3, 0.4) is 0 Å². The van der Waals surface area contributed by atoms with Gasteiger partial charge in [0.05, 0.1) is 19.3 Å². The molecule has 1 fully saturated rings. The van der Waals surface area contributed by atoms with Crippen molar-refractivity contribution < 1.29 is 25.6 Å². The summed E-state index contributed by atoms with van der Waals surface area (Å²) >= 11 is 0. The van der Waals surface area contributed by atoms with Gasteiger partial charge in [0.15, 0.2) is 0 Å². The number of ether oxygens (including phenoxy) is 2. The van der Waals surface area contributed by atoms with Crippen molar-refractivity contribution in [1.29, 1.82) is 0 Å². The summed E-state index contributed by atoms with van der Waals surface area (Å²) in [7, 11) is 0. The molecule has 0 unspecified atom stereocenters. The Labute approximate surface area is 160 Å². The Bertz CT molecular complexity index is 358. The molecular formula is C20H41NO5. The molecule has 0 atom stereocenters. The van der Waals surface area contributed by atoms with Crippen LogP contribution in [0.1, 0.15) is 80.0 Å². The standard InChI is InChI=1S/C17H31NO4.C3H8O.H2/c1-2-15(19)10-13-21-14-11-18-17(20)9-6-12-22-16-7-4-3-5-8-16;1-3(2)4;/h16H,2-14H2,1H3,(H,18,20);3-4H,1-2H3;1H. The van der Waals surface area contributed by atoms with Gasteiger partial charge in [-0.3, -0.25) is 9.59 Å². The third-order valence-corrected chi connectivity index (χ3v) is 3.94. The highest BCUT2D eigenvalue weighted by Crippen LogP contribution is 2.20. The summed E-state index contributed by atoms with van der Waals surface area (Å²) in [5.41, 5.74) is 0. The number of amides is 1. The third kappa shape index (κ3) is 17.8. The number of carbonyl (C=O) groups is 2. The van der Waals surface area contributed by atoms with Gasteiger partial charge >= 0.3 is 0 Å². The number of hydrogen-bond acceptors (Lipinski definition) is 5. The van der Waals surface area contributed by atoms with E-state index < -0.39 is 0 Å². The Balaban J connectivity index is 0. The van der Waals surface area contributed by atoms with Gasteiger partial charge in [0.25, 0.3) is 0 Å². The van der Waals surface area contributed by atoms with Crippen LogP contribution in [0.15, 0.2) is 0 Å². The van der Waals surface area contributed by atoms with Crippen molar-refractivity contribution in [3.05, 3.63) is 0 Å². The molecule has 0 spiro atoms. The van der Waals surface area contributed by atoms with Crippen molar-refractivity contribution in [2.24, 2.45) is 0 Å². The molecule has 0 saturated heterocycles. The fourth-order valence-corrected chi connectivity index (χ4v) is 2.53. The molecule has 6 nitrogen and oxygen atoms in total. The van der Waals surface area contributed by atoms with E-state index in [-0.39, 0.29) is 19.2 Å². The first-order valence-electron chi connectivity index (χ1n) is 10.1. The predicted octanol–water partition coefficient (Wildman–Crippen LogP) is 3.25. The van der Waals surface area contributed by atoms with Gasteiger partial charge in [0.2, 0.25) is 5.91 Å². The molecule has 0 radical (unpaired) electrons. The molecule has 1 aliphatic carbocycles. The zero-order chi connectivity index (χ0) is 19.6. The Hall–Kier alpha value is -0.980. The maximum atomic E-state index is 11.6. The van der Waals surface area contributed by atoms with E-state index in [0.29, 0.717) is 51.7 Å². The number of rotatable bonds is 12. The monoisotopic (exact) mass is 375 g/mol. The molecular weight excluding hydrogens is 334 g/mol. The third-order valence-electron chi connectivity index (χ3n) is 3.94. The van der Waals surface area contributed by atoms with Gasteiger partial charge in [-0.1, -0.05) is 26.2 Å². The number of hydrogen-bond donors (Lipinski definition) is 2. The average molecular weight is 376 g/mol. The lowest BCUT2D eigenvalue weighted by Crippen LogP contribution is -2.27. The van der Waals surface area contributed by atoms with Gasteiger partial charge in [-0.15, -0.1) is 0 Å². The number of nitrogens with one attached hydrogen (secondary N) is 1. The van der Waals surface area contributed by atoms with E-state index in [1.54, 1.807) is 13.8 Å². The van der Waals surface area contributed by atoms with Gasteiger partial charge in [0.1, 0.15) is 5.78 Å². The van der Waals surface area contributed by atoms with Crippen LogP contribution in [0, 0.1) is 0 Å². The SMILES string of the molecule is CC(C)O.CCC(=O)CCOCCNC(=O)CCCOC1CCCCC1.[HH]. The lowest BCUT2D eigenvalue weighted by molar-refractivity contribution is -0.122. The van der Waals surface area contributed by atoms with Crippen LogP contribution in [0.5, 0.6) is 0 Å². The molecule has 0 aliphatic heterocycles. The molecule has 1 aliphatic rings. The van der Waals surface area contributed by atoms with Crippen LogP contribution in [0.4, 0.5) is 0 Å². The summed E-state index contributed by atoms with van der Waals surface area (Å²) in [6, 6.07) is 0. The van der Waals surface area contributed by atoms with Crippen molar-refractivity contribution in [1.82, 2.24) is 5.32 Å². The van der Waals surface area contributed by atoms with E-state index >= 15 is 0 Å². The van der Waals surface area contributed by atoms with Gasteiger partial charge in [0, 0.05) is 39.9 Å². The zero-order valence-electron chi connectivity index (χ0n) is 16.9. The highest BCUT2D eigenvalue weighted by Gasteiger charge is 2.13. The number of aliphatic hydroxyl groups is 1. The second kappa shape index (κ2) is 17.4.